The summed E-state index contributed by atoms with van der Waals surface area (Å²) in [5.41, 5.74) is 2.20. The predicted octanol–water partition coefficient (Wildman–Crippen LogP) is 3.66. The van der Waals surface area contributed by atoms with Crippen LogP contribution in [0.2, 0.25) is 0 Å². The number of hydrogen-bond acceptors (Lipinski definition) is 4. The van der Waals surface area contributed by atoms with E-state index in [0.29, 0.717) is 17.1 Å². The first kappa shape index (κ1) is 21.6. The highest BCUT2D eigenvalue weighted by Crippen LogP contribution is 2.25. The molecule has 1 aromatic rings. The second-order valence-corrected chi connectivity index (χ2v) is 8.01. The molecule has 2 rings (SSSR count). The van der Waals surface area contributed by atoms with E-state index in [2.05, 4.69) is 52.9 Å². The lowest BCUT2D eigenvalue weighted by Crippen LogP contribution is -2.49. The molecule has 1 N–H and O–H groups in total. The maximum Gasteiger partial charge on any atom is 0.193 e. The molecule has 1 aromatic heterocycles. The zero-order valence-electron chi connectivity index (χ0n) is 15.6. The van der Waals surface area contributed by atoms with Gasteiger partial charge in [0.05, 0.1) is 5.69 Å². The lowest BCUT2D eigenvalue weighted by atomic mass is 10.00. The van der Waals surface area contributed by atoms with Crippen LogP contribution >= 0.6 is 35.7 Å². The summed E-state index contributed by atoms with van der Waals surface area (Å²) in [6.07, 6.45) is 0. The minimum Gasteiger partial charge on any atom is -0.361 e. The summed E-state index contributed by atoms with van der Waals surface area (Å²) in [5, 5.41) is 8.28. The number of rotatable bonds is 4. The van der Waals surface area contributed by atoms with Crippen LogP contribution in [0.15, 0.2) is 9.52 Å². The van der Waals surface area contributed by atoms with Crippen LogP contribution in [-0.2, 0) is 0 Å². The molecule has 1 aliphatic rings. The first-order valence-electron chi connectivity index (χ1n) is 8.44. The minimum absolute atomic E-state index is 0. The van der Waals surface area contributed by atoms with Gasteiger partial charge in [0.15, 0.2) is 5.96 Å². The van der Waals surface area contributed by atoms with Gasteiger partial charge < -0.3 is 14.7 Å². The Hall–Kier alpha value is -0.440. The first-order chi connectivity index (χ1) is 10.9. The van der Waals surface area contributed by atoms with Crippen LogP contribution in [0.25, 0.3) is 0 Å². The Balaban J connectivity index is 0.00000288. The molecule has 2 atom stereocenters. The van der Waals surface area contributed by atoms with Gasteiger partial charge in [-0.2, -0.15) is 11.8 Å². The Morgan fingerprint density at radius 1 is 1.42 bits per heavy atom. The Bertz CT molecular complexity index is 527. The van der Waals surface area contributed by atoms with Crippen molar-refractivity contribution in [1.82, 2.24) is 15.4 Å². The lowest BCUT2D eigenvalue weighted by Gasteiger charge is -2.36. The molecule has 0 spiro atoms. The van der Waals surface area contributed by atoms with Crippen molar-refractivity contribution in [3.63, 3.8) is 0 Å². The monoisotopic (exact) mass is 466 g/mol. The van der Waals surface area contributed by atoms with Gasteiger partial charge in [0.1, 0.15) is 5.76 Å². The molecule has 2 heterocycles. The maximum absolute atomic E-state index is 5.29. The van der Waals surface area contributed by atoms with Crippen molar-refractivity contribution in [2.45, 2.75) is 45.8 Å². The van der Waals surface area contributed by atoms with Gasteiger partial charge in [-0.05, 0) is 19.8 Å². The topological polar surface area (TPSA) is 53.7 Å². The summed E-state index contributed by atoms with van der Waals surface area (Å²) >= 11 is 2.08. The fourth-order valence-corrected chi connectivity index (χ4v) is 4.44. The highest BCUT2D eigenvalue weighted by molar-refractivity contribution is 14.0. The highest BCUT2D eigenvalue weighted by Gasteiger charge is 2.25. The van der Waals surface area contributed by atoms with Gasteiger partial charge in [0.2, 0.25) is 0 Å². The zero-order valence-corrected chi connectivity index (χ0v) is 18.8. The quantitative estimate of drug-likeness (QED) is 0.417. The molecule has 7 heteroatoms. The van der Waals surface area contributed by atoms with E-state index < -0.39 is 0 Å². The molecule has 2 unspecified atom stereocenters. The van der Waals surface area contributed by atoms with Gasteiger partial charge in [-0.15, -0.1) is 24.0 Å². The predicted molar refractivity (Wildman–Crippen MR) is 114 cm³/mol. The van der Waals surface area contributed by atoms with E-state index in [-0.39, 0.29) is 24.0 Å². The Labute approximate surface area is 167 Å². The van der Waals surface area contributed by atoms with Crippen LogP contribution in [-0.4, -0.2) is 53.7 Å². The number of guanidine groups is 1. The van der Waals surface area contributed by atoms with Crippen LogP contribution in [0.5, 0.6) is 0 Å². The van der Waals surface area contributed by atoms with E-state index in [4.69, 9.17) is 4.52 Å². The zero-order chi connectivity index (χ0) is 17.0. The molecule has 0 bridgehead atoms. The SMILES string of the molecule is CN=C(NCC(C)c1c(C)noc1C)N1CCSC(C(C)C)C1.I. The number of aromatic nitrogens is 1. The van der Waals surface area contributed by atoms with Crippen LogP contribution in [0.3, 0.4) is 0 Å². The summed E-state index contributed by atoms with van der Waals surface area (Å²) < 4.78 is 5.29. The van der Waals surface area contributed by atoms with E-state index in [1.165, 1.54) is 11.3 Å². The molecule has 24 heavy (non-hydrogen) atoms. The fraction of sp³-hybridized carbons (Fsp3) is 0.765. The van der Waals surface area contributed by atoms with E-state index >= 15 is 0 Å². The van der Waals surface area contributed by atoms with E-state index in [9.17, 15) is 0 Å². The van der Waals surface area contributed by atoms with E-state index in [1.54, 1.807) is 0 Å². The second kappa shape index (κ2) is 9.89. The lowest BCUT2D eigenvalue weighted by molar-refractivity contribution is 0.379. The van der Waals surface area contributed by atoms with Gasteiger partial charge in [0, 0.05) is 49.2 Å². The summed E-state index contributed by atoms with van der Waals surface area (Å²) in [5.74, 6) is 4.14. The number of thioether (sulfide) groups is 1. The first-order valence-corrected chi connectivity index (χ1v) is 9.48. The second-order valence-electron chi connectivity index (χ2n) is 6.67. The third kappa shape index (κ3) is 5.28. The Morgan fingerprint density at radius 3 is 2.67 bits per heavy atom. The van der Waals surface area contributed by atoms with Gasteiger partial charge in [-0.1, -0.05) is 25.9 Å². The molecule has 1 aliphatic heterocycles. The number of aliphatic imine (C=N–C) groups is 1. The van der Waals surface area contributed by atoms with Crippen molar-refractivity contribution >= 4 is 41.7 Å². The Morgan fingerprint density at radius 2 is 2.12 bits per heavy atom. The molecule has 138 valence electrons. The molecule has 0 amide bonds. The number of halogens is 1. The highest BCUT2D eigenvalue weighted by atomic mass is 127. The molecular weight excluding hydrogens is 435 g/mol. The van der Waals surface area contributed by atoms with Gasteiger partial charge in [0.25, 0.3) is 0 Å². The molecular formula is C17H31IN4OS. The van der Waals surface area contributed by atoms with Crippen LogP contribution in [0.1, 0.15) is 43.7 Å². The van der Waals surface area contributed by atoms with Crippen molar-refractivity contribution in [3.05, 3.63) is 17.0 Å². The van der Waals surface area contributed by atoms with Gasteiger partial charge >= 0.3 is 0 Å². The van der Waals surface area contributed by atoms with Crippen LogP contribution < -0.4 is 5.32 Å². The molecule has 0 saturated carbocycles. The molecule has 1 fully saturated rings. The van der Waals surface area contributed by atoms with E-state index in [0.717, 1.165) is 37.0 Å². The van der Waals surface area contributed by atoms with Crippen molar-refractivity contribution in [3.8, 4) is 0 Å². The number of aryl methyl sites for hydroxylation is 2. The van der Waals surface area contributed by atoms with Gasteiger partial charge in [-0.3, -0.25) is 4.99 Å². The average Bonchev–Trinajstić information content (AvgIpc) is 2.87. The minimum atomic E-state index is 0. The van der Waals surface area contributed by atoms with Crippen molar-refractivity contribution in [2.75, 3.05) is 32.4 Å². The van der Waals surface area contributed by atoms with Crippen molar-refractivity contribution in [1.29, 1.82) is 0 Å². The average molecular weight is 466 g/mol. The molecule has 0 aliphatic carbocycles. The summed E-state index contributed by atoms with van der Waals surface area (Å²) in [6, 6.07) is 0. The third-order valence-corrected chi connectivity index (χ3v) is 6.04. The molecule has 0 aromatic carbocycles. The number of nitrogens with one attached hydrogen (secondary N) is 1. The standard InChI is InChI=1S/C17H30N4OS.HI/c1-11(2)15-10-21(7-8-23-15)17(18-6)19-9-12(3)16-13(4)20-22-14(16)5;/h11-12,15H,7-10H2,1-6H3,(H,18,19);1H. The number of nitrogens with zero attached hydrogens (tertiary/aromatic N) is 3. The molecule has 1 saturated heterocycles. The molecule has 0 radical (unpaired) electrons. The van der Waals surface area contributed by atoms with Gasteiger partial charge in [-0.25, -0.2) is 0 Å². The normalized spacial score (nSPS) is 20.0. The van der Waals surface area contributed by atoms with Crippen LogP contribution in [0.4, 0.5) is 0 Å². The van der Waals surface area contributed by atoms with Crippen molar-refractivity contribution < 1.29 is 4.52 Å². The van der Waals surface area contributed by atoms with Crippen molar-refractivity contribution in [2.24, 2.45) is 10.9 Å². The maximum atomic E-state index is 5.29. The largest absolute Gasteiger partial charge is 0.361 e. The summed E-state index contributed by atoms with van der Waals surface area (Å²) in [7, 11) is 1.87. The molecule has 5 nitrogen and oxygen atoms in total. The number of hydrogen-bond donors (Lipinski definition) is 1. The van der Waals surface area contributed by atoms with E-state index in [1.807, 2.05) is 20.9 Å². The van der Waals surface area contributed by atoms with Crippen LogP contribution in [0, 0.1) is 19.8 Å². The third-order valence-electron chi connectivity index (χ3n) is 4.50. The summed E-state index contributed by atoms with van der Waals surface area (Å²) in [6.45, 7) is 13.8. The Kier molecular flexibility index (Phi) is 8.90. The fourth-order valence-electron chi connectivity index (χ4n) is 3.14. The summed E-state index contributed by atoms with van der Waals surface area (Å²) in [4.78, 5) is 6.88. The smallest absolute Gasteiger partial charge is 0.193 e.